The molecule has 1 atom stereocenters. The molecule has 0 saturated carbocycles. The molecular weight excluding hydrogens is 264 g/mol. The maximum absolute atomic E-state index is 10.1. The molecule has 4 heteroatoms. The second-order valence-corrected chi connectivity index (χ2v) is 4.90. The van der Waals surface area contributed by atoms with Crippen LogP contribution in [0.5, 0.6) is 11.5 Å². The Labute approximate surface area is 118 Å². The molecule has 0 aromatic heterocycles. The minimum atomic E-state index is -0.581. The number of ether oxygens (including phenoxy) is 2. The van der Waals surface area contributed by atoms with Gasteiger partial charge in [0.05, 0.1) is 24.3 Å². The van der Waals surface area contributed by atoms with Crippen LogP contribution in [-0.4, -0.2) is 18.3 Å². The van der Waals surface area contributed by atoms with Gasteiger partial charge in [0.25, 0.3) is 0 Å². The van der Waals surface area contributed by atoms with E-state index in [1.54, 1.807) is 12.1 Å². The molecule has 1 aliphatic rings. The molecule has 0 spiro atoms. The molecule has 19 heavy (non-hydrogen) atoms. The topological polar surface area (TPSA) is 38.7 Å². The smallest absolute Gasteiger partial charge is 0.179 e. The Morgan fingerprint density at radius 2 is 2.16 bits per heavy atom. The van der Waals surface area contributed by atoms with Crippen molar-refractivity contribution in [2.75, 3.05) is 13.2 Å². The Balaban J connectivity index is 2.16. The quantitative estimate of drug-likeness (QED) is 0.679. The fraction of sp³-hybridized carbons (Fsp3) is 0.467. The number of hydrogen-bond acceptors (Lipinski definition) is 3. The van der Waals surface area contributed by atoms with Gasteiger partial charge in [-0.3, -0.25) is 0 Å². The summed E-state index contributed by atoms with van der Waals surface area (Å²) in [6.45, 7) is 1.19. The van der Waals surface area contributed by atoms with Gasteiger partial charge in [-0.25, -0.2) is 0 Å². The third-order valence-electron chi connectivity index (χ3n) is 3.01. The molecule has 102 valence electrons. The summed E-state index contributed by atoms with van der Waals surface area (Å²) in [4.78, 5) is 0. The zero-order valence-corrected chi connectivity index (χ0v) is 11.4. The number of hydrogen-bond donors (Lipinski definition) is 1. The van der Waals surface area contributed by atoms with Gasteiger partial charge in [-0.2, -0.15) is 0 Å². The van der Waals surface area contributed by atoms with Crippen molar-refractivity contribution < 1.29 is 14.6 Å². The fourth-order valence-corrected chi connectivity index (χ4v) is 2.28. The van der Waals surface area contributed by atoms with Crippen LogP contribution in [-0.2, 0) is 0 Å². The van der Waals surface area contributed by atoms with Crippen molar-refractivity contribution in [1.29, 1.82) is 0 Å². The monoisotopic (exact) mass is 280 g/mol. The Morgan fingerprint density at radius 3 is 2.95 bits per heavy atom. The summed E-state index contributed by atoms with van der Waals surface area (Å²) in [5.41, 5.74) is 0.742. The van der Waals surface area contributed by atoms with Gasteiger partial charge in [0, 0.05) is 12.8 Å². The van der Waals surface area contributed by atoms with Crippen molar-refractivity contribution in [2.45, 2.75) is 31.8 Å². The van der Waals surface area contributed by atoms with Gasteiger partial charge < -0.3 is 14.6 Å². The highest BCUT2D eigenvalue weighted by Gasteiger charge is 2.18. The molecule has 0 amide bonds. The zero-order chi connectivity index (χ0) is 13.7. The summed E-state index contributed by atoms with van der Waals surface area (Å²) in [7, 11) is 0. The summed E-state index contributed by atoms with van der Waals surface area (Å²) in [5.74, 6) is 3.74. The lowest BCUT2D eigenvalue weighted by atomic mass is 10.0. The molecule has 1 aromatic rings. The molecule has 0 saturated heterocycles. The van der Waals surface area contributed by atoms with Crippen LogP contribution in [0.3, 0.4) is 0 Å². The SMILES string of the molecule is C#CCCCC(O)c1cc(Cl)c2c(c1)OCCCO2. The number of halogens is 1. The summed E-state index contributed by atoms with van der Waals surface area (Å²) in [5, 5.41) is 10.6. The van der Waals surface area contributed by atoms with E-state index >= 15 is 0 Å². The van der Waals surface area contributed by atoms with Crippen LogP contribution >= 0.6 is 11.6 Å². The predicted octanol–water partition coefficient (Wildman–Crippen LogP) is 3.34. The van der Waals surface area contributed by atoms with Gasteiger partial charge in [-0.15, -0.1) is 12.3 Å². The Kier molecular flexibility index (Phi) is 4.95. The fourth-order valence-electron chi connectivity index (χ4n) is 2.01. The van der Waals surface area contributed by atoms with Gasteiger partial charge in [-0.1, -0.05) is 11.6 Å². The van der Waals surface area contributed by atoms with Gasteiger partial charge in [-0.05, 0) is 30.5 Å². The van der Waals surface area contributed by atoms with E-state index in [4.69, 9.17) is 27.5 Å². The first-order chi connectivity index (χ1) is 9.22. The highest BCUT2D eigenvalue weighted by molar-refractivity contribution is 6.32. The average molecular weight is 281 g/mol. The lowest BCUT2D eigenvalue weighted by Crippen LogP contribution is -2.00. The second-order valence-electron chi connectivity index (χ2n) is 4.49. The number of aliphatic hydroxyl groups is 1. The Bertz CT molecular complexity index is 479. The van der Waals surface area contributed by atoms with Gasteiger partial charge >= 0.3 is 0 Å². The molecule has 0 radical (unpaired) electrons. The molecule has 1 heterocycles. The van der Waals surface area contributed by atoms with Crippen molar-refractivity contribution in [3.63, 3.8) is 0 Å². The minimum absolute atomic E-state index is 0.477. The van der Waals surface area contributed by atoms with Crippen molar-refractivity contribution in [2.24, 2.45) is 0 Å². The number of fused-ring (bicyclic) bond motifs is 1. The van der Waals surface area contributed by atoms with E-state index in [9.17, 15) is 5.11 Å². The van der Waals surface area contributed by atoms with E-state index < -0.39 is 6.10 Å². The van der Waals surface area contributed by atoms with E-state index in [-0.39, 0.29) is 0 Å². The summed E-state index contributed by atoms with van der Waals surface area (Å²) in [6.07, 6.45) is 7.50. The van der Waals surface area contributed by atoms with Crippen LogP contribution in [0.2, 0.25) is 5.02 Å². The molecule has 2 rings (SSSR count). The average Bonchev–Trinajstić information content (AvgIpc) is 2.64. The molecule has 1 aromatic carbocycles. The Morgan fingerprint density at radius 1 is 1.37 bits per heavy atom. The largest absolute Gasteiger partial charge is 0.489 e. The molecular formula is C15H17ClO3. The van der Waals surface area contributed by atoms with Crippen molar-refractivity contribution >= 4 is 11.6 Å². The number of terminal acetylenes is 1. The van der Waals surface area contributed by atoms with Gasteiger partial charge in [0.1, 0.15) is 0 Å². The van der Waals surface area contributed by atoms with Crippen LogP contribution in [0, 0.1) is 12.3 Å². The number of unbranched alkanes of at least 4 members (excludes halogenated alkanes) is 1. The third-order valence-corrected chi connectivity index (χ3v) is 3.29. The van der Waals surface area contributed by atoms with Crippen LogP contribution in [0.25, 0.3) is 0 Å². The minimum Gasteiger partial charge on any atom is -0.489 e. The third kappa shape index (κ3) is 3.56. The highest BCUT2D eigenvalue weighted by atomic mass is 35.5. The Hall–Kier alpha value is -1.37. The number of aliphatic hydroxyl groups excluding tert-OH is 1. The normalized spacial score (nSPS) is 15.4. The van der Waals surface area contributed by atoms with Crippen molar-refractivity contribution in [1.82, 2.24) is 0 Å². The second kappa shape index (κ2) is 6.70. The lowest BCUT2D eigenvalue weighted by Gasteiger charge is -2.15. The first-order valence-electron chi connectivity index (χ1n) is 6.43. The molecule has 1 unspecified atom stereocenters. The zero-order valence-electron chi connectivity index (χ0n) is 10.7. The molecule has 1 N–H and O–H groups in total. The first-order valence-corrected chi connectivity index (χ1v) is 6.80. The van der Waals surface area contributed by atoms with E-state index in [1.165, 1.54) is 0 Å². The predicted molar refractivity (Wildman–Crippen MR) is 74.7 cm³/mol. The van der Waals surface area contributed by atoms with E-state index in [0.717, 1.165) is 18.4 Å². The highest BCUT2D eigenvalue weighted by Crippen LogP contribution is 2.39. The summed E-state index contributed by atoms with van der Waals surface area (Å²) in [6, 6.07) is 3.53. The van der Waals surface area contributed by atoms with Crippen LogP contribution < -0.4 is 9.47 Å². The molecule has 1 aliphatic heterocycles. The maximum Gasteiger partial charge on any atom is 0.179 e. The van der Waals surface area contributed by atoms with Crippen LogP contribution in [0.1, 0.15) is 37.4 Å². The molecule has 3 nitrogen and oxygen atoms in total. The summed E-state index contributed by atoms with van der Waals surface area (Å²) >= 11 is 6.18. The van der Waals surface area contributed by atoms with Crippen molar-refractivity contribution in [3.05, 3.63) is 22.7 Å². The van der Waals surface area contributed by atoms with E-state index in [0.29, 0.717) is 42.6 Å². The molecule has 0 fully saturated rings. The number of rotatable bonds is 4. The van der Waals surface area contributed by atoms with Gasteiger partial charge in [0.15, 0.2) is 11.5 Å². The molecule has 0 bridgehead atoms. The first kappa shape index (κ1) is 14.0. The summed E-state index contributed by atoms with van der Waals surface area (Å²) < 4.78 is 11.1. The van der Waals surface area contributed by atoms with E-state index in [1.807, 2.05) is 0 Å². The van der Waals surface area contributed by atoms with Crippen molar-refractivity contribution in [3.8, 4) is 23.8 Å². The lowest BCUT2D eigenvalue weighted by molar-refractivity contribution is 0.164. The maximum atomic E-state index is 10.1. The molecule has 0 aliphatic carbocycles. The van der Waals surface area contributed by atoms with Crippen LogP contribution in [0.15, 0.2) is 12.1 Å². The van der Waals surface area contributed by atoms with Crippen LogP contribution in [0.4, 0.5) is 0 Å². The standard InChI is InChI=1S/C15H17ClO3/c1-2-3-4-6-13(17)11-9-12(16)15-14(10-11)18-7-5-8-19-15/h1,9-10,13,17H,3-8H2. The van der Waals surface area contributed by atoms with Gasteiger partial charge in [0.2, 0.25) is 0 Å². The van der Waals surface area contributed by atoms with E-state index in [2.05, 4.69) is 5.92 Å². The number of benzene rings is 1.